The molecule has 1 aliphatic heterocycles. The minimum atomic E-state index is 1.01. The van der Waals surface area contributed by atoms with E-state index < -0.39 is 0 Å². The highest BCUT2D eigenvalue weighted by atomic mass is 32.1. The molecule has 3 nitrogen and oxygen atoms in total. The number of thiazole rings is 1. The van der Waals surface area contributed by atoms with Crippen molar-refractivity contribution in [3.63, 3.8) is 0 Å². The lowest BCUT2D eigenvalue weighted by Crippen LogP contribution is -1.97. The van der Waals surface area contributed by atoms with Crippen LogP contribution in [0.4, 0.5) is 0 Å². The molecule has 3 rings (SSSR count). The highest BCUT2D eigenvalue weighted by molar-refractivity contribution is 7.11. The predicted molar refractivity (Wildman–Crippen MR) is 74.1 cm³/mol. The van der Waals surface area contributed by atoms with Crippen LogP contribution in [-0.2, 0) is 19.3 Å². The van der Waals surface area contributed by atoms with E-state index in [1.807, 2.05) is 17.5 Å². The summed E-state index contributed by atoms with van der Waals surface area (Å²) in [6.07, 6.45) is 6.86. The Morgan fingerprint density at radius 3 is 3.00 bits per heavy atom. The topological polar surface area (TPSA) is 41.6 Å². The van der Waals surface area contributed by atoms with Crippen LogP contribution in [0.2, 0.25) is 0 Å². The first-order valence-corrected chi connectivity index (χ1v) is 7.03. The zero-order valence-electron chi connectivity index (χ0n) is 10.3. The van der Waals surface area contributed by atoms with Crippen LogP contribution in [0.3, 0.4) is 0 Å². The maximum Gasteiger partial charge on any atom is 0.0928 e. The average molecular weight is 257 g/mol. The molecule has 0 amide bonds. The van der Waals surface area contributed by atoms with E-state index in [1.165, 1.54) is 21.1 Å². The smallest absolute Gasteiger partial charge is 0.0928 e. The second kappa shape index (κ2) is 4.90. The maximum atomic E-state index is 4.40. The highest BCUT2D eigenvalue weighted by Crippen LogP contribution is 2.24. The molecule has 0 fully saturated rings. The second-order valence-corrected chi connectivity index (χ2v) is 5.48. The van der Waals surface area contributed by atoms with Crippen molar-refractivity contribution >= 4 is 11.3 Å². The van der Waals surface area contributed by atoms with Crippen molar-refractivity contribution in [2.24, 2.45) is 0 Å². The van der Waals surface area contributed by atoms with E-state index in [0.29, 0.717) is 0 Å². The molecule has 0 atom stereocenters. The average Bonchev–Trinajstić information content (AvgIpc) is 3.05. The standard InChI is InChI=1S/C14H15N3S/c1-2-14-15-8-10(18-14)6-7-13-11-4-3-5-12(11)16-9-17-13/h3-5,8-9H,2,6-7H2,1H3,(H,16,17). The van der Waals surface area contributed by atoms with E-state index >= 15 is 0 Å². The Hall–Kier alpha value is -1.68. The van der Waals surface area contributed by atoms with Gasteiger partial charge in [0.05, 0.1) is 17.0 Å². The Morgan fingerprint density at radius 2 is 2.17 bits per heavy atom. The van der Waals surface area contributed by atoms with Crippen molar-refractivity contribution in [3.05, 3.63) is 46.3 Å². The van der Waals surface area contributed by atoms with Crippen LogP contribution < -0.4 is 0 Å². The largest absolute Gasteiger partial charge is 0.349 e. The zero-order valence-corrected chi connectivity index (χ0v) is 11.1. The van der Waals surface area contributed by atoms with Gasteiger partial charge in [-0.05, 0) is 25.3 Å². The van der Waals surface area contributed by atoms with E-state index in [0.717, 1.165) is 25.0 Å². The molecule has 0 radical (unpaired) electrons. The number of aryl methyl sites for hydroxylation is 3. The normalized spacial score (nSPS) is 11.2. The maximum absolute atomic E-state index is 4.40. The van der Waals surface area contributed by atoms with Crippen LogP contribution in [0, 0.1) is 0 Å². The van der Waals surface area contributed by atoms with Gasteiger partial charge in [-0.3, -0.25) is 0 Å². The molecule has 2 aliphatic rings. The highest BCUT2D eigenvalue weighted by Gasteiger charge is 2.09. The quantitative estimate of drug-likeness (QED) is 0.779. The Labute approximate surface area is 110 Å². The molecule has 1 aromatic heterocycles. The van der Waals surface area contributed by atoms with Crippen LogP contribution in [0.15, 0.2) is 30.7 Å². The minimum absolute atomic E-state index is 1.01. The van der Waals surface area contributed by atoms with Crippen LogP contribution in [-0.4, -0.2) is 15.0 Å². The third-order valence-electron chi connectivity index (χ3n) is 3.09. The molecule has 0 bridgehead atoms. The number of aromatic nitrogens is 3. The number of nitrogens with zero attached hydrogens (tertiary/aromatic N) is 2. The molecule has 18 heavy (non-hydrogen) atoms. The van der Waals surface area contributed by atoms with Gasteiger partial charge in [-0.1, -0.05) is 19.1 Å². The lowest BCUT2D eigenvalue weighted by Gasteiger charge is -2.06. The number of aromatic amines is 1. The molecule has 0 unspecified atom stereocenters. The number of hydrogen-bond donors (Lipinski definition) is 1. The van der Waals surface area contributed by atoms with Gasteiger partial charge in [0.1, 0.15) is 0 Å². The molecule has 1 aromatic rings. The summed E-state index contributed by atoms with van der Waals surface area (Å²) in [6.45, 7) is 2.15. The molecule has 0 saturated carbocycles. The number of rotatable bonds is 4. The number of hydrogen-bond acceptors (Lipinski definition) is 3. The Bertz CT molecular complexity index is 611. The number of H-pyrrole nitrogens is 1. The number of nitrogens with one attached hydrogen (secondary N) is 1. The van der Waals surface area contributed by atoms with Crippen molar-refractivity contribution in [2.45, 2.75) is 26.2 Å². The summed E-state index contributed by atoms with van der Waals surface area (Å²) < 4.78 is 0. The molecule has 92 valence electrons. The van der Waals surface area contributed by atoms with Crippen molar-refractivity contribution in [1.82, 2.24) is 15.0 Å². The summed E-state index contributed by atoms with van der Waals surface area (Å²) in [4.78, 5) is 13.3. The molecule has 4 heteroatoms. The molecular formula is C14H15N3S. The third-order valence-corrected chi connectivity index (χ3v) is 4.29. The summed E-state index contributed by atoms with van der Waals surface area (Å²) in [6, 6.07) is 6.23. The Kier molecular flexibility index (Phi) is 3.11. The zero-order chi connectivity index (χ0) is 12.4. The summed E-state index contributed by atoms with van der Waals surface area (Å²) >= 11 is 1.82. The molecule has 0 spiro atoms. The lowest BCUT2D eigenvalue weighted by molar-refractivity contribution is 0.914. The third kappa shape index (κ3) is 2.16. The summed E-state index contributed by atoms with van der Waals surface area (Å²) in [5, 5.41) is 1.22. The molecule has 1 aliphatic carbocycles. The summed E-state index contributed by atoms with van der Waals surface area (Å²) in [5.41, 5.74) is 3.57. The SMILES string of the molecule is CCc1ncc(CCc2[nH]cnc3cccc2-3)s1. The molecule has 0 aromatic carbocycles. The van der Waals surface area contributed by atoms with E-state index in [1.54, 1.807) is 6.33 Å². The fraction of sp³-hybridized carbons (Fsp3) is 0.286. The van der Waals surface area contributed by atoms with Crippen LogP contribution in [0.5, 0.6) is 0 Å². The summed E-state index contributed by atoms with van der Waals surface area (Å²) in [5.74, 6) is 0. The van der Waals surface area contributed by atoms with Gasteiger partial charge in [-0.25, -0.2) is 9.97 Å². The molecule has 2 heterocycles. The fourth-order valence-corrected chi connectivity index (χ4v) is 2.98. The van der Waals surface area contributed by atoms with Crippen LogP contribution in [0.1, 0.15) is 22.5 Å². The van der Waals surface area contributed by atoms with Gasteiger partial charge in [0.25, 0.3) is 0 Å². The van der Waals surface area contributed by atoms with Crippen molar-refractivity contribution in [2.75, 3.05) is 0 Å². The molecule has 0 saturated heterocycles. The van der Waals surface area contributed by atoms with Crippen molar-refractivity contribution in [1.29, 1.82) is 0 Å². The van der Waals surface area contributed by atoms with Gasteiger partial charge < -0.3 is 4.98 Å². The van der Waals surface area contributed by atoms with E-state index in [4.69, 9.17) is 0 Å². The predicted octanol–water partition coefficient (Wildman–Crippen LogP) is 3.32. The molecular weight excluding hydrogens is 242 g/mol. The van der Waals surface area contributed by atoms with Crippen LogP contribution in [0.25, 0.3) is 11.3 Å². The van der Waals surface area contributed by atoms with Crippen molar-refractivity contribution < 1.29 is 0 Å². The van der Waals surface area contributed by atoms with Gasteiger partial charge in [-0.2, -0.15) is 0 Å². The van der Waals surface area contributed by atoms with Gasteiger partial charge in [-0.15, -0.1) is 11.3 Å². The number of fused-ring (bicyclic) bond motifs is 1. The summed E-state index contributed by atoms with van der Waals surface area (Å²) in [7, 11) is 0. The second-order valence-electron chi connectivity index (χ2n) is 4.28. The minimum Gasteiger partial charge on any atom is -0.349 e. The van der Waals surface area contributed by atoms with E-state index in [2.05, 4.69) is 40.1 Å². The first kappa shape index (κ1) is 11.4. The van der Waals surface area contributed by atoms with E-state index in [9.17, 15) is 0 Å². The Morgan fingerprint density at radius 1 is 1.22 bits per heavy atom. The van der Waals surface area contributed by atoms with Gasteiger partial charge in [0.15, 0.2) is 0 Å². The van der Waals surface area contributed by atoms with Gasteiger partial charge in [0, 0.05) is 22.3 Å². The lowest BCUT2D eigenvalue weighted by atomic mass is 10.1. The first-order chi connectivity index (χ1) is 8.86. The van der Waals surface area contributed by atoms with Gasteiger partial charge in [0.2, 0.25) is 0 Å². The fourth-order valence-electron chi connectivity index (χ4n) is 2.12. The Balaban J connectivity index is 1.75. The molecule has 1 N–H and O–H groups in total. The van der Waals surface area contributed by atoms with E-state index in [-0.39, 0.29) is 0 Å². The van der Waals surface area contributed by atoms with Gasteiger partial charge >= 0.3 is 0 Å². The first-order valence-electron chi connectivity index (χ1n) is 6.21. The van der Waals surface area contributed by atoms with Crippen LogP contribution >= 0.6 is 11.3 Å². The monoisotopic (exact) mass is 257 g/mol. The van der Waals surface area contributed by atoms with Crippen molar-refractivity contribution in [3.8, 4) is 11.3 Å².